The Morgan fingerprint density at radius 2 is 2.10 bits per heavy atom. The van der Waals surface area contributed by atoms with E-state index in [0.717, 1.165) is 29.0 Å². The number of nitrogens with zero attached hydrogens (tertiary/aromatic N) is 2. The van der Waals surface area contributed by atoms with Gasteiger partial charge in [-0.15, -0.1) is 0 Å². The zero-order valence-electron chi connectivity index (χ0n) is 11.6. The average Bonchev–Trinajstić information content (AvgIpc) is 2.86. The second-order valence-corrected chi connectivity index (χ2v) is 4.76. The largest absolute Gasteiger partial charge is 0.497 e. The molecule has 0 aliphatic carbocycles. The van der Waals surface area contributed by atoms with Crippen molar-refractivity contribution in [2.24, 2.45) is 7.05 Å². The fraction of sp³-hybridized carbons (Fsp3) is 0.188. The van der Waals surface area contributed by atoms with Gasteiger partial charge in [-0.05, 0) is 35.9 Å². The molecule has 0 atom stereocenters. The van der Waals surface area contributed by atoms with Crippen LogP contribution in [0.1, 0.15) is 5.56 Å². The van der Waals surface area contributed by atoms with Gasteiger partial charge >= 0.3 is 0 Å². The van der Waals surface area contributed by atoms with Gasteiger partial charge in [0.1, 0.15) is 5.75 Å². The normalized spacial score (nSPS) is 10.7. The molecular formula is C16H17N3O. The van der Waals surface area contributed by atoms with Crippen molar-refractivity contribution >= 4 is 16.7 Å². The number of aromatic nitrogens is 2. The molecule has 4 heteroatoms. The van der Waals surface area contributed by atoms with Crippen LogP contribution in [-0.2, 0) is 13.6 Å². The number of hydrogen-bond acceptors (Lipinski definition) is 3. The second kappa shape index (κ2) is 5.25. The highest BCUT2D eigenvalue weighted by Gasteiger charge is 2.01. The molecule has 0 fully saturated rings. The SMILES string of the molecule is COc1cccc(CNc2ccc3c(c2)ncn3C)c1. The number of ether oxygens (including phenoxy) is 1. The van der Waals surface area contributed by atoms with Gasteiger partial charge in [-0.25, -0.2) is 4.98 Å². The van der Waals surface area contributed by atoms with E-state index in [1.54, 1.807) is 7.11 Å². The van der Waals surface area contributed by atoms with Gasteiger partial charge < -0.3 is 14.6 Å². The number of rotatable bonds is 4. The third kappa shape index (κ3) is 2.45. The van der Waals surface area contributed by atoms with Crippen LogP contribution >= 0.6 is 0 Å². The third-order valence-electron chi connectivity index (χ3n) is 3.36. The van der Waals surface area contributed by atoms with E-state index < -0.39 is 0 Å². The molecule has 4 nitrogen and oxygen atoms in total. The summed E-state index contributed by atoms with van der Waals surface area (Å²) in [5, 5.41) is 3.41. The maximum Gasteiger partial charge on any atom is 0.119 e. The molecule has 1 aromatic heterocycles. The first kappa shape index (κ1) is 12.5. The number of aryl methyl sites for hydroxylation is 1. The third-order valence-corrected chi connectivity index (χ3v) is 3.36. The number of nitrogens with one attached hydrogen (secondary N) is 1. The molecular weight excluding hydrogens is 250 g/mol. The lowest BCUT2D eigenvalue weighted by Gasteiger charge is -2.08. The molecule has 0 radical (unpaired) electrons. The molecule has 20 heavy (non-hydrogen) atoms. The van der Waals surface area contributed by atoms with Gasteiger partial charge in [0.25, 0.3) is 0 Å². The first-order valence-electron chi connectivity index (χ1n) is 6.54. The molecule has 0 bridgehead atoms. The van der Waals surface area contributed by atoms with E-state index in [-0.39, 0.29) is 0 Å². The standard InChI is InChI=1S/C16H17N3O/c1-19-11-18-15-9-13(6-7-16(15)19)17-10-12-4-3-5-14(8-12)20-2/h3-9,11,17H,10H2,1-2H3. The van der Waals surface area contributed by atoms with Crippen molar-refractivity contribution in [1.29, 1.82) is 0 Å². The van der Waals surface area contributed by atoms with Gasteiger partial charge in [0.15, 0.2) is 0 Å². The number of benzene rings is 2. The molecule has 0 spiro atoms. The van der Waals surface area contributed by atoms with Gasteiger partial charge in [0.2, 0.25) is 0 Å². The van der Waals surface area contributed by atoms with E-state index in [9.17, 15) is 0 Å². The zero-order chi connectivity index (χ0) is 13.9. The molecule has 0 unspecified atom stereocenters. The first-order chi connectivity index (χ1) is 9.76. The smallest absolute Gasteiger partial charge is 0.119 e. The predicted octanol–water partition coefficient (Wildman–Crippen LogP) is 3.19. The van der Waals surface area contributed by atoms with Crippen LogP contribution in [-0.4, -0.2) is 16.7 Å². The van der Waals surface area contributed by atoms with Crippen LogP contribution in [0.4, 0.5) is 5.69 Å². The summed E-state index contributed by atoms with van der Waals surface area (Å²) in [4.78, 5) is 4.36. The van der Waals surface area contributed by atoms with Crippen molar-refractivity contribution in [1.82, 2.24) is 9.55 Å². The fourth-order valence-electron chi connectivity index (χ4n) is 2.23. The maximum atomic E-state index is 5.23. The van der Waals surface area contributed by atoms with E-state index in [0.29, 0.717) is 0 Å². The molecule has 0 aliphatic heterocycles. The van der Waals surface area contributed by atoms with E-state index in [2.05, 4.69) is 34.6 Å². The van der Waals surface area contributed by atoms with Crippen LogP contribution in [0, 0.1) is 0 Å². The summed E-state index contributed by atoms with van der Waals surface area (Å²) in [7, 11) is 3.68. The van der Waals surface area contributed by atoms with Crippen LogP contribution < -0.4 is 10.1 Å². The molecule has 2 aromatic carbocycles. The minimum absolute atomic E-state index is 0.759. The highest BCUT2D eigenvalue weighted by molar-refractivity contribution is 5.79. The topological polar surface area (TPSA) is 39.1 Å². The van der Waals surface area contributed by atoms with Gasteiger partial charge in [0, 0.05) is 19.3 Å². The van der Waals surface area contributed by atoms with E-state index in [1.165, 1.54) is 5.56 Å². The molecule has 0 amide bonds. The van der Waals surface area contributed by atoms with Crippen LogP contribution in [0.2, 0.25) is 0 Å². The summed E-state index contributed by atoms with van der Waals surface area (Å²) >= 11 is 0. The van der Waals surface area contributed by atoms with E-state index >= 15 is 0 Å². The van der Waals surface area contributed by atoms with Crippen LogP contribution in [0.5, 0.6) is 5.75 Å². The van der Waals surface area contributed by atoms with Crippen LogP contribution in [0.15, 0.2) is 48.8 Å². The zero-order valence-corrected chi connectivity index (χ0v) is 11.6. The Hall–Kier alpha value is -2.49. The summed E-state index contributed by atoms with van der Waals surface area (Å²) in [6, 6.07) is 14.3. The monoisotopic (exact) mass is 267 g/mol. The van der Waals surface area contributed by atoms with Crippen molar-refractivity contribution < 1.29 is 4.74 Å². The number of fused-ring (bicyclic) bond motifs is 1. The second-order valence-electron chi connectivity index (χ2n) is 4.76. The van der Waals surface area contributed by atoms with Gasteiger partial charge in [-0.3, -0.25) is 0 Å². The Balaban J connectivity index is 1.75. The average molecular weight is 267 g/mol. The van der Waals surface area contributed by atoms with Crippen molar-refractivity contribution in [3.8, 4) is 5.75 Å². The Labute approximate surface area is 118 Å². The molecule has 0 saturated heterocycles. The molecule has 102 valence electrons. The summed E-state index contributed by atoms with van der Waals surface area (Å²) in [5.41, 5.74) is 4.39. The van der Waals surface area contributed by atoms with Gasteiger partial charge in [0.05, 0.1) is 24.5 Å². The summed E-state index contributed by atoms with van der Waals surface area (Å²) in [6.45, 7) is 0.759. The highest BCUT2D eigenvalue weighted by Crippen LogP contribution is 2.19. The Morgan fingerprint density at radius 1 is 1.20 bits per heavy atom. The Bertz CT molecular complexity index is 733. The fourth-order valence-corrected chi connectivity index (χ4v) is 2.23. The number of anilines is 1. The minimum atomic E-state index is 0.759. The summed E-state index contributed by atoms with van der Waals surface area (Å²) < 4.78 is 7.24. The molecule has 3 aromatic rings. The molecule has 3 rings (SSSR count). The lowest BCUT2D eigenvalue weighted by atomic mass is 10.2. The maximum absolute atomic E-state index is 5.23. The van der Waals surface area contributed by atoms with Crippen LogP contribution in [0.25, 0.3) is 11.0 Å². The quantitative estimate of drug-likeness (QED) is 0.789. The van der Waals surface area contributed by atoms with E-state index in [1.807, 2.05) is 36.1 Å². The predicted molar refractivity (Wildman–Crippen MR) is 81.0 cm³/mol. The van der Waals surface area contributed by atoms with E-state index in [4.69, 9.17) is 4.74 Å². The molecule has 1 N–H and O–H groups in total. The number of methoxy groups -OCH3 is 1. The van der Waals surface area contributed by atoms with Crippen LogP contribution in [0.3, 0.4) is 0 Å². The molecule has 0 aliphatic rings. The summed E-state index contributed by atoms with van der Waals surface area (Å²) in [5.74, 6) is 0.879. The summed E-state index contributed by atoms with van der Waals surface area (Å²) in [6.07, 6.45) is 1.83. The minimum Gasteiger partial charge on any atom is -0.497 e. The van der Waals surface area contributed by atoms with Crippen molar-refractivity contribution in [2.75, 3.05) is 12.4 Å². The Morgan fingerprint density at radius 3 is 2.95 bits per heavy atom. The molecule has 0 saturated carbocycles. The van der Waals surface area contributed by atoms with Crippen molar-refractivity contribution in [3.05, 3.63) is 54.4 Å². The number of imidazole rings is 1. The lowest BCUT2D eigenvalue weighted by molar-refractivity contribution is 0.414. The van der Waals surface area contributed by atoms with Gasteiger partial charge in [-0.2, -0.15) is 0 Å². The number of hydrogen-bond donors (Lipinski definition) is 1. The first-order valence-corrected chi connectivity index (χ1v) is 6.54. The van der Waals surface area contributed by atoms with Crippen molar-refractivity contribution in [3.63, 3.8) is 0 Å². The van der Waals surface area contributed by atoms with Crippen molar-refractivity contribution in [2.45, 2.75) is 6.54 Å². The lowest BCUT2D eigenvalue weighted by Crippen LogP contribution is -1.99. The molecule has 1 heterocycles. The Kier molecular flexibility index (Phi) is 3.29. The van der Waals surface area contributed by atoms with Gasteiger partial charge in [-0.1, -0.05) is 12.1 Å². The highest BCUT2D eigenvalue weighted by atomic mass is 16.5.